The summed E-state index contributed by atoms with van der Waals surface area (Å²) in [5.74, 6) is 0. The molecule has 0 aliphatic heterocycles. The summed E-state index contributed by atoms with van der Waals surface area (Å²) in [5, 5.41) is 14.3. The lowest BCUT2D eigenvalue weighted by molar-refractivity contribution is 0.0594. The Labute approximate surface area is 105 Å². The molecule has 3 atom stereocenters. The highest BCUT2D eigenvalue weighted by atomic mass is 32.2. The molecule has 0 spiro atoms. The Morgan fingerprint density at radius 1 is 1.31 bits per heavy atom. The molecule has 0 aromatic rings. The van der Waals surface area contributed by atoms with Crippen LogP contribution in [0.5, 0.6) is 0 Å². The molecular formula is C13H27NOS. The number of rotatable bonds is 4. The van der Waals surface area contributed by atoms with Gasteiger partial charge in [-0.2, -0.15) is 11.8 Å². The maximum absolute atomic E-state index is 10.0. The minimum Gasteiger partial charge on any atom is -0.391 e. The van der Waals surface area contributed by atoms with Crippen LogP contribution in [0.25, 0.3) is 0 Å². The third-order valence-corrected chi connectivity index (χ3v) is 4.75. The van der Waals surface area contributed by atoms with Crippen LogP contribution in [0, 0.1) is 5.41 Å². The van der Waals surface area contributed by atoms with Gasteiger partial charge in [0.2, 0.25) is 0 Å². The van der Waals surface area contributed by atoms with Crippen LogP contribution in [-0.2, 0) is 0 Å². The molecule has 1 rings (SSSR count). The Balaban J connectivity index is 2.35. The predicted octanol–water partition coefficient (Wildman–Crippen LogP) is 2.66. The van der Waals surface area contributed by atoms with Crippen LogP contribution >= 0.6 is 11.8 Å². The van der Waals surface area contributed by atoms with E-state index in [4.69, 9.17) is 0 Å². The minimum absolute atomic E-state index is 0.0173. The molecule has 1 saturated carbocycles. The van der Waals surface area contributed by atoms with E-state index in [1.54, 1.807) is 0 Å². The maximum atomic E-state index is 10.0. The van der Waals surface area contributed by atoms with Gasteiger partial charge >= 0.3 is 0 Å². The van der Waals surface area contributed by atoms with E-state index < -0.39 is 0 Å². The molecule has 1 aliphatic carbocycles. The van der Waals surface area contributed by atoms with Gasteiger partial charge in [-0.3, -0.25) is 0 Å². The van der Waals surface area contributed by atoms with Crippen LogP contribution in [0.4, 0.5) is 0 Å². The average molecular weight is 245 g/mol. The fraction of sp³-hybridized carbons (Fsp3) is 1.00. The molecule has 2 nitrogen and oxygen atoms in total. The van der Waals surface area contributed by atoms with Crippen molar-refractivity contribution < 1.29 is 5.11 Å². The second kappa shape index (κ2) is 6.27. The highest BCUT2D eigenvalue weighted by Crippen LogP contribution is 2.27. The quantitative estimate of drug-likeness (QED) is 0.798. The topological polar surface area (TPSA) is 32.3 Å². The monoisotopic (exact) mass is 245 g/mol. The summed E-state index contributed by atoms with van der Waals surface area (Å²) in [7, 11) is 0. The molecule has 0 amide bonds. The first kappa shape index (κ1) is 14.3. The van der Waals surface area contributed by atoms with Crippen molar-refractivity contribution in [1.29, 1.82) is 0 Å². The SMILES string of the molecule is CSC1CCCCC1NCC(O)C(C)(C)C. The molecule has 0 heterocycles. The zero-order chi connectivity index (χ0) is 12.2. The van der Waals surface area contributed by atoms with Crippen LogP contribution in [0.3, 0.4) is 0 Å². The number of hydrogen-bond donors (Lipinski definition) is 2. The molecule has 0 aromatic heterocycles. The molecule has 3 unspecified atom stereocenters. The second-order valence-electron chi connectivity index (χ2n) is 5.96. The van der Waals surface area contributed by atoms with Crippen molar-refractivity contribution in [3.63, 3.8) is 0 Å². The van der Waals surface area contributed by atoms with E-state index in [9.17, 15) is 5.11 Å². The molecule has 2 N–H and O–H groups in total. The summed E-state index contributed by atoms with van der Waals surface area (Å²) < 4.78 is 0. The summed E-state index contributed by atoms with van der Waals surface area (Å²) in [4.78, 5) is 0. The van der Waals surface area contributed by atoms with Gasteiger partial charge in [0, 0.05) is 17.8 Å². The number of hydrogen-bond acceptors (Lipinski definition) is 3. The summed E-state index contributed by atoms with van der Waals surface area (Å²) in [6, 6.07) is 0.598. The maximum Gasteiger partial charge on any atom is 0.0712 e. The van der Waals surface area contributed by atoms with Gasteiger partial charge in [-0.1, -0.05) is 33.6 Å². The highest BCUT2D eigenvalue weighted by Gasteiger charge is 2.27. The van der Waals surface area contributed by atoms with Gasteiger partial charge in [0.15, 0.2) is 0 Å². The Bertz CT molecular complexity index is 203. The average Bonchev–Trinajstić information content (AvgIpc) is 2.24. The standard InChI is InChI=1S/C13H27NOS/c1-13(2,3)12(15)9-14-10-7-5-6-8-11(10)16-4/h10-12,14-15H,5-9H2,1-4H3. The van der Waals surface area contributed by atoms with Crippen molar-refractivity contribution in [3.8, 4) is 0 Å². The van der Waals surface area contributed by atoms with E-state index in [0.717, 1.165) is 11.8 Å². The summed E-state index contributed by atoms with van der Waals surface area (Å²) >= 11 is 1.97. The first-order valence-electron chi connectivity index (χ1n) is 6.39. The molecule has 1 fully saturated rings. The van der Waals surface area contributed by atoms with Crippen molar-refractivity contribution in [2.45, 2.75) is 63.9 Å². The van der Waals surface area contributed by atoms with E-state index in [0.29, 0.717) is 6.04 Å². The molecule has 0 bridgehead atoms. The largest absolute Gasteiger partial charge is 0.391 e. The van der Waals surface area contributed by atoms with Crippen molar-refractivity contribution in [2.75, 3.05) is 12.8 Å². The zero-order valence-electron chi connectivity index (χ0n) is 11.1. The van der Waals surface area contributed by atoms with E-state index >= 15 is 0 Å². The first-order chi connectivity index (χ1) is 7.45. The normalized spacial score (nSPS) is 29.1. The zero-order valence-corrected chi connectivity index (χ0v) is 11.9. The lowest BCUT2D eigenvalue weighted by atomic mass is 9.88. The second-order valence-corrected chi connectivity index (χ2v) is 7.03. The fourth-order valence-corrected chi connectivity index (χ4v) is 3.14. The highest BCUT2D eigenvalue weighted by molar-refractivity contribution is 7.99. The van der Waals surface area contributed by atoms with E-state index in [1.165, 1.54) is 25.7 Å². The molecular weight excluding hydrogens is 218 g/mol. The van der Waals surface area contributed by atoms with Gasteiger partial charge in [0.05, 0.1) is 6.10 Å². The van der Waals surface area contributed by atoms with Gasteiger partial charge in [0.1, 0.15) is 0 Å². The van der Waals surface area contributed by atoms with Crippen LogP contribution in [0.2, 0.25) is 0 Å². The van der Waals surface area contributed by atoms with Gasteiger partial charge in [-0.15, -0.1) is 0 Å². The van der Waals surface area contributed by atoms with Crippen molar-refractivity contribution in [1.82, 2.24) is 5.32 Å². The lowest BCUT2D eigenvalue weighted by Gasteiger charge is -2.34. The summed E-state index contributed by atoms with van der Waals surface area (Å²) in [6.45, 7) is 7.00. The molecule has 96 valence electrons. The number of aliphatic hydroxyl groups is 1. The Morgan fingerprint density at radius 2 is 1.94 bits per heavy atom. The fourth-order valence-electron chi connectivity index (χ4n) is 2.18. The first-order valence-corrected chi connectivity index (χ1v) is 7.68. The Kier molecular flexibility index (Phi) is 5.62. The number of thioether (sulfide) groups is 1. The van der Waals surface area contributed by atoms with Gasteiger partial charge in [-0.05, 0) is 24.5 Å². The third kappa shape index (κ3) is 4.27. The molecule has 1 aliphatic rings. The number of aliphatic hydroxyl groups excluding tert-OH is 1. The molecule has 0 saturated heterocycles. The van der Waals surface area contributed by atoms with Crippen molar-refractivity contribution >= 4 is 11.8 Å². The molecule has 16 heavy (non-hydrogen) atoms. The lowest BCUT2D eigenvalue weighted by Crippen LogP contribution is -2.46. The Hall–Kier alpha value is 0.270. The van der Waals surface area contributed by atoms with Crippen LogP contribution in [0.15, 0.2) is 0 Å². The van der Waals surface area contributed by atoms with Gasteiger partial charge in [-0.25, -0.2) is 0 Å². The van der Waals surface area contributed by atoms with E-state index in [2.05, 4.69) is 32.3 Å². The third-order valence-electron chi connectivity index (χ3n) is 3.58. The molecule has 0 aromatic carbocycles. The number of nitrogens with one attached hydrogen (secondary N) is 1. The predicted molar refractivity (Wildman–Crippen MR) is 73.0 cm³/mol. The van der Waals surface area contributed by atoms with E-state index in [1.807, 2.05) is 11.8 Å². The molecule has 3 heteroatoms. The molecule has 0 radical (unpaired) electrons. The van der Waals surface area contributed by atoms with Crippen molar-refractivity contribution in [2.24, 2.45) is 5.41 Å². The minimum atomic E-state index is -0.253. The van der Waals surface area contributed by atoms with Crippen LogP contribution in [0.1, 0.15) is 46.5 Å². The van der Waals surface area contributed by atoms with Gasteiger partial charge in [0.25, 0.3) is 0 Å². The van der Waals surface area contributed by atoms with Gasteiger partial charge < -0.3 is 10.4 Å². The van der Waals surface area contributed by atoms with Crippen LogP contribution < -0.4 is 5.32 Å². The smallest absolute Gasteiger partial charge is 0.0712 e. The van der Waals surface area contributed by atoms with E-state index in [-0.39, 0.29) is 11.5 Å². The van der Waals surface area contributed by atoms with Crippen molar-refractivity contribution in [3.05, 3.63) is 0 Å². The summed E-state index contributed by atoms with van der Waals surface area (Å²) in [6.07, 6.45) is 7.24. The Morgan fingerprint density at radius 3 is 2.50 bits per heavy atom. The van der Waals surface area contributed by atoms with Crippen LogP contribution in [-0.4, -0.2) is 35.3 Å². The summed E-state index contributed by atoms with van der Waals surface area (Å²) in [5.41, 5.74) is -0.0173.